The topological polar surface area (TPSA) is 139 Å². The van der Waals surface area contributed by atoms with Gasteiger partial charge in [0.1, 0.15) is 35.1 Å². The van der Waals surface area contributed by atoms with Crippen LogP contribution in [0.1, 0.15) is 18.7 Å². The van der Waals surface area contributed by atoms with Gasteiger partial charge in [0.05, 0.1) is 29.8 Å². The largest absolute Gasteiger partial charge is 0.467 e. The number of nitrogens with zero attached hydrogens (tertiary/aromatic N) is 8. The minimum atomic E-state index is -0.712. The van der Waals surface area contributed by atoms with Crippen molar-refractivity contribution in [3.8, 4) is 28.4 Å². The van der Waals surface area contributed by atoms with Crippen LogP contribution in [0.4, 0.5) is 14.6 Å². The average Bonchev–Trinajstić information content (AvgIpc) is 3.34. The van der Waals surface area contributed by atoms with E-state index >= 15 is 0 Å². The third kappa shape index (κ3) is 4.00. The molecule has 6 aromatic rings. The Labute approximate surface area is 218 Å². The molecule has 0 saturated carbocycles. The van der Waals surface area contributed by atoms with Crippen LogP contribution in [0, 0.1) is 11.6 Å². The van der Waals surface area contributed by atoms with Gasteiger partial charge in [-0.3, -0.25) is 9.20 Å². The molecule has 5 heterocycles. The van der Waals surface area contributed by atoms with Crippen LogP contribution in [0.2, 0.25) is 0 Å². The Morgan fingerprint density at radius 1 is 1.00 bits per heavy atom. The summed E-state index contributed by atoms with van der Waals surface area (Å²) in [5.41, 5.74) is 7.82. The Morgan fingerprint density at radius 3 is 2.54 bits per heavy atom. The van der Waals surface area contributed by atoms with Crippen LogP contribution in [0.15, 0.2) is 66.1 Å². The van der Waals surface area contributed by atoms with E-state index in [9.17, 15) is 13.6 Å². The molecule has 0 unspecified atom stereocenters. The molecule has 0 amide bonds. The monoisotopic (exact) mass is 527 g/mol. The van der Waals surface area contributed by atoms with Gasteiger partial charge in [0.25, 0.3) is 5.56 Å². The van der Waals surface area contributed by atoms with Crippen LogP contribution in [0.3, 0.4) is 0 Å². The maximum absolute atomic E-state index is 14.3. The van der Waals surface area contributed by atoms with Crippen molar-refractivity contribution >= 4 is 22.5 Å². The highest BCUT2D eigenvalue weighted by Gasteiger charge is 2.26. The molecule has 0 aliphatic rings. The Bertz CT molecular complexity index is 1940. The predicted molar refractivity (Wildman–Crippen MR) is 138 cm³/mol. The standard InChI is InChI=1S/C26H19F2N9O2/c1-13(37-24-20(23(29)32-12-33-24)22(35-37)15-9-30-26(39-2)31-10-15)21-19(14-4-3-5-16(27)8-14)25(38)36-11-17(28)6-7-18(36)34-21/h3-13H,1-2H3,(H2,29,32,33)/t13-/m1/s1. The number of benzene rings is 1. The number of anilines is 1. The van der Waals surface area contributed by atoms with Crippen molar-refractivity contribution in [2.45, 2.75) is 13.0 Å². The van der Waals surface area contributed by atoms with Crippen LogP contribution in [-0.2, 0) is 0 Å². The van der Waals surface area contributed by atoms with Crippen LogP contribution in [-0.4, -0.2) is 46.2 Å². The number of pyridine rings is 1. The molecule has 194 valence electrons. The molecule has 11 nitrogen and oxygen atoms in total. The van der Waals surface area contributed by atoms with Gasteiger partial charge in [-0.05, 0) is 36.8 Å². The van der Waals surface area contributed by atoms with E-state index in [-0.39, 0.29) is 34.3 Å². The molecule has 0 aliphatic carbocycles. The van der Waals surface area contributed by atoms with Gasteiger partial charge < -0.3 is 10.5 Å². The molecule has 1 atom stereocenters. The second-order valence-corrected chi connectivity index (χ2v) is 8.65. The van der Waals surface area contributed by atoms with Gasteiger partial charge in [-0.25, -0.2) is 38.4 Å². The second-order valence-electron chi connectivity index (χ2n) is 8.65. The minimum Gasteiger partial charge on any atom is -0.467 e. The summed E-state index contributed by atoms with van der Waals surface area (Å²) in [6.07, 6.45) is 5.40. The van der Waals surface area contributed by atoms with Gasteiger partial charge in [-0.2, -0.15) is 5.10 Å². The molecule has 5 aromatic heterocycles. The van der Waals surface area contributed by atoms with Gasteiger partial charge in [0, 0.05) is 24.2 Å². The fourth-order valence-electron chi connectivity index (χ4n) is 4.47. The van der Waals surface area contributed by atoms with Crippen molar-refractivity contribution in [1.82, 2.24) is 39.1 Å². The zero-order chi connectivity index (χ0) is 27.3. The van der Waals surface area contributed by atoms with E-state index in [1.165, 1.54) is 56.2 Å². The SMILES string of the molecule is COc1ncc(-c2nn([C@H](C)c3nc4ccc(F)cn4c(=O)c3-c3cccc(F)c3)c3ncnc(N)c23)cn1. The molecule has 39 heavy (non-hydrogen) atoms. The number of fused-ring (bicyclic) bond motifs is 2. The van der Waals surface area contributed by atoms with E-state index in [0.717, 1.165) is 10.6 Å². The number of hydrogen-bond acceptors (Lipinski definition) is 9. The van der Waals surface area contributed by atoms with Crippen LogP contribution in [0.5, 0.6) is 6.01 Å². The lowest BCUT2D eigenvalue weighted by Crippen LogP contribution is -2.23. The number of nitrogen functional groups attached to an aromatic ring is 1. The van der Waals surface area contributed by atoms with Crippen molar-refractivity contribution < 1.29 is 13.5 Å². The summed E-state index contributed by atoms with van der Waals surface area (Å²) in [6.45, 7) is 1.77. The fraction of sp³-hybridized carbons (Fsp3) is 0.115. The summed E-state index contributed by atoms with van der Waals surface area (Å²) in [4.78, 5) is 35.2. The number of methoxy groups -OCH3 is 1. The maximum Gasteiger partial charge on any atom is 0.316 e. The lowest BCUT2D eigenvalue weighted by Gasteiger charge is -2.18. The Morgan fingerprint density at radius 2 is 1.79 bits per heavy atom. The van der Waals surface area contributed by atoms with Crippen molar-refractivity contribution in [3.05, 3.63) is 89.0 Å². The molecule has 0 spiro atoms. The quantitative estimate of drug-likeness (QED) is 0.357. The highest BCUT2D eigenvalue weighted by molar-refractivity contribution is 5.98. The van der Waals surface area contributed by atoms with Gasteiger partial charge >= 0.3 is 6.01 Å². The Kier molecular flexibility index (Phi) is 5.67. The zero-order valence-corrected chi connectivity index (χ0v) is 20.6. The molecule has 0 saturated heterocycles. The Hall–Kier alpha value is -5.33. The van der Waals surface area contributed by atoms with E-state index in [1.807, 2.05) is 0 Å². The van der Waals surface area contributed by atoms with Crippen LogP contribution in [0.25, 0.3) is 39.1 Å². The summed E-state index contributed by atoms with van der Waals surface area (Å²) in [7, 11) is 1.45. The molecule has 6 rings (SSSR count). The lowest BCUT2D eigenvalue weighted by atomic mass is 10.0. The first-order valence-electron chi connectivity index (χ1n) is 11.7. The van der Waals surface area contributed by atoms with Crippen molar-refractivity contribution in [2.75, 3.05) is 12.8 Å². The third-order valence-electron chi connectivity index (χ3n) is 6.29. The average molecular weight is 527 g/mol. The van der Waals surface area contributed by atoms with E-state index in [1.54, 1.807) is 17.7 Å². The number of nitrogens with two attached hydrogens (primary N) is 1. The number of aromatic nitrogens is 8. The molecule has 2 N–H and O–H groups in total. The van der Waals surface area contributed by atoms with Gasteiger partial charge in [0.2, 0.25) is 0 Å². The molecule has 0 aliphatic heterocycles. The summed E-state index contributed by atoms with van der Waals surface area (Å²) >= 11 is 0. The molecule has 13 heteroatoms. The number of halogens is 2. The molecule has 0 bridgehead atoms. The highest BCUT2D eigenvalue weighted by atomic mass is 19.1. The van der Waals surface area contributed by atoms with E-state index in [2.05, 4.69) is 19.9 Å². The lowest BCUT2D eigenvalue weighted by molar-refractivity contribution is 0.380. The first kappa shape index (κ1) is 24.0. The first-order chi connectivity index (χ1) is 18.9. The minimum absolute atomic E-state index is 0.0881. The van der Waals surface area contributed by atoms with Gasteiger partial charge in [0.15, 0.2) is 5.65 Å². The van der Waals surface area contributed by atoms with Crippen molar-refractivity contribution in [1.29, 1.82) is 0 Å². The number of rotatable bonds is 5. The zero-order valence-electron chi connectivity index (χ0n) is 20.6. The van der Waals surface area contributed by atoms with Crippen molar-refractivity contribution in [2.24, 2.45) is 0 Å². The summed E-state index contributed by atoms with van der Waals surface area (Å²) in [6, 6.07) is 7.63. The maximum atomic E-state index is 14.3. The van der Waals surface area contributed by atoms with Crippen molar-refractivity contribution in [3.63, 3.8) is 0 Å². The predicted octanol–water partition coefficient (Wildman–Crippen LogP) is 3.44. The van der Waals surface area contributed by atoms with Gasteiger partial charge in [-0.1, -0.05) is 12.1 Å². The third-order valence-corrected chi connectivity index (χ3v) is 6.29. The summed E-state index contributed by atoms with van der Waals surface area (Å²) in [5, 5.41) is 5.21. The molecular weight excluding hydrogens is 508 g/mol. The van der Waals surface area contributed by atoms with E-state index in [4.69, 9.17) is 20.6 Å². The van der Waals surface area contributed by atoms with E-state index in [0.29, 0.717) is 22.3 Å². The molecule has 1 aromatic carbocycles. The van der Waals surface area contributed by atoms with Crippen LogP contribution >= 0.6 is 0 Å². The van der Waals surface area contributed by atoms with Crippen LogP contribution < -0.4 is 16.0 Å². The second kappa shape index (κ2) is 9.20. The molecule has 0 fully saturated rings. The number of ether oxygens (including phenoxy) is 1. The smallest absolute Gasteiger partial charge is 0.316 e. The first-order valence-corrected chi connectivity index (χ1v) is 11.7. The molecular formula is C26H19F2N9O2. The number of hydrogen-bond donors (Lipinski definition) is 1. The van der Waals surface area contributed by atoms with Gasteiger partial charge in [-0.15, -0.1) is 0 Å². The molecule has 0 radical (unpaired) electrons. The normalized spacial score (nSPS) is 12.2. The summed E-state index contributed by atoms with van der Waals surface area (Å²) < 4.78 is 36.0. The summed E-state index contributed by atoms with van der Waals surface area (Å²) in [5.74, 6) is -0.979. The highest BCUT2D eigenvalue weighted by Crippen LogP contribution is 2.34. The fourth-order valence-corrected chi connectivity index (χ4v) is 4.47. The van der Waals surface area contributed by atoms with E-state index < -0.39 is 23.2 Å². The Balaban J connectivity index is 1.63.